The van der Waals surface area contributed by atoms with E-state index in [9.17, 15) is 9.59 Å². The Balaban J connectivity index is 1.47. The molecule has 0 aliphatic heterocycles. The Bertz CT molecular complexity index is 1070. The smallest absolute Gasteiger partial charge is 0.412 e. The van der Waals surface area contributed by atoms with Crippen LogP contribution < -0.4 is 5.32 Å². The van der Waals surface area contributed by atoms with Crippen molar-refractivity contribution in [1.29, 1.82) is 0 Å². The van der Waals surface area contributed by atoms with Gasteiger partial charge in [-0.2, -0.15) is 0 Å². The lowest BCUT2D eigenvalue weighted by Crippen LogP contribution is -2.19. The van der Waals surface area contributed by atoms with E-state index in [1.165, 1.54) is 0 Å². The van der Waals surface area contributed by atoms with Gasteiger partial charge in [-0.15, -0.1) is 0 Å². The van der Waals surface area contributed by atoms with Crippen molar-refractivity contribution in [2.75, 3.05) is 11.9 Å². The summed E-state index contributed by atoms with van der Waals surface area (Å²) in [5.74, 6) is -0.655. The lowest BCUT2D eigenvalue weighted by atomic mass is 9.98. The Morgan fingerprint density at radius 3 is 2.27 bits per heavy atom. The number of rotatable bonds is 6. The molecule has 0 saturated heterocycles. The highest BCUT2D eigenvalue weighted by Gasteiger charge is 2.29. The molecule has 7 heteroatoms. The number of carboxylic acid groups (broad SMARTS) is 1. The summed E-state index contributed by atoms with van der Waals surface area (Å²) in [7, 11) is 0. The van der Waals surface area contributed by atoms with E-state index in [2.05, 4.69) is 50.5 Å². The molecule has 4 rings (SSSR count). The number of fused-ring (bicyclic) bond motifs is 3. The van der Waals surface area contributed by atoms with Crippen LogP contribution in [0.1, 0.15) is 29.0 Å². The third kappa shape index (κ3) is 4.21. The molecule has 1 heterocycles. The summed E-state index contributed by atoms with van der Waals surface area (Å²) in [6.45, 7) is 0.193. The first-order valence-electron chi connectivity index (χ1n) is 9.52. The van der Waals surface area contributed by atoms with Crippen LogP contribution in [0, 0.1) is 0 Å². The number of amides is 1. The summed E-state index contributed by atoms with van der Waals surface area (Å²) in [6.07, 6.45) is -0.420. The number of carbonyl (C=O) groups excluding carboxylic acids is 1. The molecule has 0 unspecified atom stereocenters. The number of pyridine rings is 1. The quantitative estimate of drug-likeness (QED) is 0.486. The number of hydrogen-bond acceptors (Lipinski definition) is 4. The molecule has 1 aromatic heterocycles. The van der Waals surface area contributed by atoms with Crippen molar-refractivity contribution in [1.82, 2.24) is 4.98 Å². The minimum absolute atomic E-state index is 0.0369. The van der Waals surface area contributed by atoms with Crippen LogP contribution in [0.25, 0.3) is 11.1 Å². The van der Waals surface area contributed by atoms with Crippen molar-refractivity contribution >= 4 is 33.8 Å². The Labute approximate surface area is 182 Å². The van der Waals surface area contributed by atoms with Gasteiger partial charge < -0.3 is 9.84 Å². The first-order chi connectivity index (χ1) is 14.5. The molecule has 1 aliphatic carbocycles. The van der Waals surface area contributed by atoms with Gasteiger partial charge in [0.1, 0.15) is 17.0 Å². The first-order valence-corrected chi connectivity index (χ1v) is 10.3. The molecule has 0 spiro atoms. The molecule has 6 nitrogen and oxygen atoms in total. The van der Waals surface area contributed by atoms with Gasteiger partial charge in [0, 0.05) is 12.3 Å². The second-order valence-electron chi connectivity index (χ2n) is 6.99. The number of aliphatic carboxylic acids is 1. The van der Waals surface area contributed by atoms with Gasteiger partial charge in [-0.1, -0.05) is 54.6 Å². The second kappa shape index (κ2) is 8.67. The van der Waals surface area contributed by atoms with E-state index in [-0.39, 0.29) is 25.4 Å². The minimum atomic E-state index is -0.912. The fraction of sp³-hybridized carbons (Fsp3) is 0.174. The molecule has 0 radical (unpaired) electrons. The highest BCUT2D eigenvalue weighted by molar-refractivity contribution is 9.10. The highest BCUT2D eigenvalue weighted by atomic mass is 79.9. The van der Waals surface area contributed by atoms with E-state index in [1.54, 1.807) is 12.1 Å². The van der Waals surface area contributed by atoms with Crippen molar-refractivity contribution in [2.24, 2.45) is 0 Å². The fourth-order valence-corrected chi connectivity index (χ4v) is 4.06. The summed E-state index contributed by atoms with van der Waals surface area (Å²) in [5, 5.41) is 11.6. The zero-order chi connectivity index (χ0) is 21.1. The zero-order valence-corrected chi connectivity index (χ0v) is 17.6. The molecule has 2 aromatic carbocycles. The third-order valence-corrected chi connectivity index (χ3v) is 5.56. The minimum Gasteiger partial charge on any atom is -0.481 e. The van der Waals surface area contributed by atoms with Gasteiger partial charge in [0.15, 0.2) is 0 Å². The topological polar surface area (TPSA) is 88.5 Å². The summed E-state index contributed by atoms with van der Waals surface area (Å²) in [5.41, 5.74) is 5.22. The number of carbonyl (C=O) groups is 2. The van der Waals surface area contributed by atoms with Crippen molar-refractivity contribution in [2.45, 2.75) is 18.8 Å². The van der Waals surface area contributed by atoms with Gasteiger partial charge in [-0.05, 0) is 56.2 Å². The number of hydrogen-bond donors (Lipinski definition) is 2. The maximum Gasteiger partial charge on any atom is 0.412 e. The normalized spacial score (nSPS) is 12.2. The first kappa shape index (κ1) is 20.1. The van der Waals surface area contributed by atoms with Crippen LogP contribution in [0.3, 0.4) is 0 Å². The van der Waals surface area contributed by atoms with Crippen molar-refractivity contribution in [3.63, 3.8) is 0 Å². The van der Waals surface area contributed by atoms with Gasteiger partial charge in [-0.25, -0.2) is 9.78 Å². The molecule has 0 saturated carbocycles. The standard InChI is InChI=1S/C23H19BrN2O4/c24-20-11-9-14(10-12-21(27)28)22(25-20)26-23(29)30-13-19-17-7-3-1-5-15(17)16-6-2-4-8-18(16)19/h1-9,11,19H,10,12-13H2,(H,27,28)(H,25,26,29). The maximum absolute atomic E-state index is 12.5. The molecule has 30 heavy (non-hydrogen) atoms. The molecule has 0 atom stereocenters. The average molecular weight is 467 g/mol. The Kier molecular flexibility index (Phi) is 5.81. The van der Waals surface area contributed by atoms with E-state index >= 15 is 0 Å². The predicted octanol–water partition coefficient (Wildman–Crippen LogP) is 5.22. The maximum atomic E-state index is 12.5. The van der Waals surface area contributed by atoms with Gasteiger partial charge >= 0.3 is 12.1 Å². The van der Waals surface area contributed by atoms with E-state index < -0.39 is 12.1 Å². The Hall–Kier alpha value is -3.19. The SMILES string of the molecule is O=C(O)CCc1ccc(Br)nc1NC(=O)OCC1c2ccccc2-c2ccccc21. The number of aromatic nitrogens is 1. The molecule has 0 fully saturated rings. The number of halogens is 1. The fourth-order valence-electron chi connectivity index (χ4n) is 3.75. The van der Waals surface area contributed by atoms with Crippen molar-refractivity contribution in [3.05, 3.63) is 82.0 Å². The number of nitrogens with one attached hydrogen (secondary N) is 1. The predicted molar refractivity (Wildman–Crippen MR) is 117 cm³/mol. The van der Waals surface area contributed by atoms with Gasteiger partial charge in [-0.3, -0.25) is 10.1 Å². The summed E-state index contributed by atoms with van der Waals surface area (Å²) in [6, 6.07) is 19.7. The van der Waals surface area contributed by atoms with Crippen LogP contribution in [-0.4, -0.2) is 28.8 Å². The average Bonchev–Trinajstić information content (AvgIpc) is 3.05. The van der Waals surface area contributed by atoms with Crippen LogP contribution in [0.15, 0.2) is 65.3 Å². The summed E-state index contributed by atoms with van der Waals surface area (Å²) < 4.78 is 6.08. The van der Waals surface area contributed by atoms with Crippen LogP contribution >= 0.6 is 15.9 Å². The Morgan fingerprint density at radius 1 is 1.00 bits per heavy atom. The number of carboxylic acids is 1. The molecular weight excluding hydrogens is 448 g/mol. The third-order valence-electron chi connectivity index (χ3n) is 5.12. The summed E-state index contributed by atoms with van der Waals surface area (Å²) in [4.78, 5) is 27.6. The van der Waals surface area contributed by atoms with Crippen LogP contribution in [-0.2, 0) is 16.0 Å². The van der Waals surface area contributed by atoms with Gasteiger partial charge in [0.05, 0.1) is 0 Å². The molecule has 1 amide bonds. The molecular formula is C23H19BrN2O4. The number of aryl methyl sites for hydroxylation is 1. The van der Waals surface area contributed by atoms with Crippen molar-refractivity contribution < 1.29 is 19.4 Å². The van der Waals surface area contributed by atoms with Crippen LogP contribution in [0.4, 0.5) is 10.6 Å². The molecule has 1 aliphatic rings. The molecule has 3 aromatic rings. The number of anilines is 1. The number of ether oxygens (including phenoxy) is 1. The van der Waals surface area contributed by atoms with Gasteiger partial charge in [0.25, 0.3) is 0 Å². The van der Waals surface area contributed by atoms with Crippen molar-refractivity contribution in [3.8, 4) is 11.1 Å². The molecule has 0 bridgehead atoms. The van der Waals surface area contributed by atoms with Crippen LogP contribution in [0.5, 0.6) is 0 Å². The lowest BCUT2D eigenvalue weighted by molar-refractivity contribution is -0.136. The lowest BCUT2D eigenvalue weighted by Gasteiger charge is -2.15. The highest BCUT2D eigenvalue weighted by Crippen LogP contribution is 2.44. The summed E-state index contributed by atoms with van der Waals surface area (Å²) >= 11 is 3.28. The molecule has 152 valence electrons. The number of benzene rings is 2. The monoisotopic (exact) mass is 466 g/mol. The largest absolute Gasteiger partial charge is 0.481 e. The van der Waals surface area contributed by atoms with E-state index in [0.717, 1.165) is 22.3 Å². The molecule has 2 N–H and O–H groups in total. The van der Waals surface area contributed by atoms with E-state index in [1.807, 2.05) is 24.3 Å². The van der Waals surface area contributed by atoms with E-state index in [0.29, 0.717) is 16.0 Å². The van der Waals surface area contributed by atoms with Gasteiger partial charge in [0.2, 0.25) is 0 Å². The Morgan fingerprint density at radius 2 is 1.63 bits per heavy atom. The number of nitrogens with zero attached hydrogens (tertiary/aromatic N) is 1. The van der Waals surface area contributed by atoms with Crippen LogP contribution in [0.2, 0.25) is 0 Å². The zero-order valence-electron chi connectivity index (χ0n) is 16.0. The second-order valence-corrected chi connectivity index (χ2v) is 7.80. The van der Waals surface area contributed by atoms with E-state index in [4.69, 9.17) is 9.84 Å².